The number of nitrogens with zero attached hydrogens (tertiary/aromatic N) is 2. The minimum absolute atomic E-state index is 0.148. The second-order valence-electron chi connectivity index (χ2n) is 10.1. The van der Waals surface area contributed by atoms with Crippen LogP contribution >= 0.6 is 0 Å². The predicted molar refractivity (Wildman–Crippen MR) is 134 cm³/mol. The normalized spacial score (nSPS) is 19.8. The first-order valence-electron chi connectivity index (χ1n) is 12.5. The molecule has 34 heavy (non-hydrogen) atoms. The van der Waals surface area contributed by atoms with Crippen molar-refractivity contribution < 1.29 is 17.6 Å². The molecule has 1 aromatic carbocycles. The number of hydrogen-bond donors (Lipinski definition) is 1. The van der Waals surface area contributed by atoms with Crippen LogP contribution in [0.25, 0.3) is 0 Å². The summed E-state index contributed by atoms with van der Waals surface area (Å²) in [6.07, 6.45) is 5.98. The lowest BCUT2D eigenvalue weighted by Crippen LogP contribution is -2.40. The lowest BCUT2D eigenvalue weighted by Gasteiger charge is -2.35. The highest BCUT2D eigenvalue weighted by atomic mass is 32.2. The van der Waals surface area contributed by atoms with E-state index in [1.807, 2.05) is 25.1 Å². The predicted octanol–water partition coefficient (Wildman–Crippen LogP) is 4.30. The van der Waals surface area contributed by atoms with Crippen LogP contribution in [-0.2, 0) is 16.4 Å². The maximum absolute atomic E-state index is 13.8. The summed E-state index contributed by atoms with van der Waals surface area (Å²) >= 11 is 0. The van der Waals surface area contributed by atoms with Crippen LogP contribution < -0.4 is 10.2 Å². The van der Waals surface area contributed by atoms with Gasteiger partial charge in [0.05, 0.1) is 12.0 Å². The van der Waals surface area contributed by atoms with Crippen LogP contribution in [0.5, 0.6) is 0 Å². The molecule has 4 rings (SSSR count). The smallest absolute Gasteiger partial charge is 0.251 e. The molecule has 1 amide bonds. The molecular formula is C26H37N3O4S. The van der Waals surface area contributed by atoms with Gasteiger partial charge < -0.3 is 14.6 Å². The van der Waals surface area contributed by atoms with Crippen molar-refractivity contribution in [2.75, 3.05) is 31.1 Å². The minimum atomic E-state index is -3.71. The summed E-state index contributed by atoms with van der Waals surface area (Å²) in [6, 6.07) is 8.70. The third-order valence-corrected chi connectivity index (χ3v) is 9.10. The summed E-state index contributed by atoms with van der Waals surface area (Å²) in [7, 11) is -3.71. The molecule has 2 aromatic rings. The number of anilines is 1. The third kappa shape index (κ3) is 5.66. The van der Waals surface area contributed by atoms with Gasteiger partial charge in [-0.05, 0) is 74.8 Å². The highest BCUT2D eigenvalue weighted by Gasteiger charge is 2.32. The van der Waals surface area contributed by atoms with E-state index in [9.17, 15) is 13.2 Å². The molecule has 186 valence electrons. The van der Waals surface area contributed by atoms with E-state index in [4.69, 9.17) is 4.42 Å². The molecule has 7 nitrogen and oxygen atoms in total. The highest BCUT2D eigenvalue weighted by Crippen LogP contribution is 2.33. The number of benzene rings is 1. The number of carbonyl (C=O) groups excluding carboxylic acids is 1. The first-order chi connectivity index (χ1) is 16.2. The lowest BCUT2D eigenvalue weighted by molar-refractivity contribution is 0.0939. The Kier molecular flexibility index (Phi) is 7.67. The van der Waals surface area contributed by atoms with Gasteiger partial charge in [-0.2, -0.15) is 4.31 Å². The summed E-state index contributed by atoms with van der Waals surface area (Å²) < 4.78 is 34.5. The van der Waals surface area contributed by atoms with Crippen LogP contribution in [-0.4, -0.2) is 50.9 Å². The Balaban J connectivity index is 1.61. The van der Waals surface area contributed by atoms with Crippen molar-refractivity contribution in [2.45, 2.75) is 63.8 Å². The molecule has 0 bridgehead atoms. The molecule has 1 atom stereocenters. The number of carbonyl (C=O) groups is 1. The summed E-state index contributed by atoms with van der Waals surface area (Å²) in [4.78, 5) is 15.5. The molecule has 0 unspecified atom stereocenters. The zero-order chi connectivity index (χ0) is 24.3. The molecular weight excluding hydrogens is 450 g/mol. The van der Waals surface area contributed by atoms with Gasteiger partial charge in [0, 0.05) is 44.2 Å². The Labute approximate surface area is 203 Å². The van der Waals surface area contributed by atoms with E-state index in [-0.39, 0.29) is 16.8 Å². The maximum Gasteiger partial charge on any atom is 0.251 e. The molecule has 2 aliphatic rings. The lowest BCUT2D eigenvalue weighted by atomic mass is 9.98. The molecule has 8 heteroatoms. The van der Waals surface area contributed by atoms with E-state index in [1.165, 1.54) is 0 Å². The Morgan fingerprint density at radius 1 is 1.06 bits per heavy atom. The van der Waals surface area contributed by atoms with E-state index < -0.39 is 10.0 Å². The Bertz CT molecular complexity index is 1070. The molecule has 1 aromatic heterocycles. The molecule has 0 radical (unpaired) electrons. The van der Waals surface area contributed by atoms with Crippen molar-refractivity contribution in [3.63, 3.8) is 0 Å². The van der Waals surface area contributed by atoms with Gasteiger partial charge >= 0.3 is 0 Å². The van der Waals surface area contributed by atoms with Gasteiger partial charge in [-0.1, -0.05) is 13.8 Å². The number of furan rings is 1. The van der Waals surface area contributed by atoms with E-state index in [2.05, 4.69) is 24.1 Å². The molecule has 0 spiro atoms. The van der Waals surface area contributed by atoms with E-state index >= 15 is 0 Å². The van der Waals surface area contributed by atoms with Crippen LogP contribution in [0.3, 0.4) is 0 Å². The van der Waals surface area contributed by atoms with Gasteiger partial charge in [0.25, 0.3) is 5.91 Å². The monoisotopic (exact) mass is 487 g/mol. The molecule has 3 heterocycles. The summed E-state index contributed by atoms with van der Waals surface area (Å²) in [5, 5.41) is 2.98. The first kappa shape index (κ1) is 24.8. The average molecular weight is 488 g/mol. The van der Waals surface area contributed by atoms with Crippen molar-refractivity contribution in [3.8, 4) is 0 Å². The van der Waals surface area contributed by atoms with Crippen molar-refractivity contribution in [3.05, 3.63) is 47.9 Å². The zero-order valence-corrected chi connectivity index (χ0v) is 21.3. The van der Waals surface area contributed by atoms with Crippen LogP contribution in [0.15, 0.2) is 45.9 Å². The number of nitrogens with one attached hydrogen (secondary N) is 1. The molecule has 2 fully saturated rings. The average Bonchev–Trinajstić information content (AvgIpc) is 3.32. The second-order valence-corrected chi connectivity index (χ2v) is 12.0. The minimum Gasteiger partial charge on any atom is -0.469 e. The SMILES string of the molecule is CC1CCN(c2ccc(C(=O)N[C@H](C)Cc3ccco3)cc2S(=O)(=O)N2CCC(C)CC2)CC1. The number of amides is 1. The topological polar surface area (TPSA) is 82.9 Å². The van der Waals surface area contributed by atoms with Crippen molar-refractivity contribution in [1.29, 1.82) is 0 Å². The van der Waals surface area contributed by atoms with Gasteiger partial charge in [0.1, 0.15) is 10.7 Å². The molecule has 2 saturated heterocycles. The van der Waals surface area contributed by atoms with Crippen molar-refractivity contribution >= 4 is 21.6 Å². The standard InChI is InChI=1S/C26H37N3O4S/c1-19-8-12-28(13-9-19)24-7-6-22(26(30)27-21(3)17-23-5-4-16-33-23)18-25(24)34(31,32)29-14-10-20(2)11-15-29/h4-7,16,18-21H,8-15,17H2,1-3H3,(H,27,30)/t21-/m1/s1. The van der Waals surface area contributed by atoms with Crippen molar-refractivity contribution in [2.24, 2.45) is 11.8 Å². The van der Waals surface area contributed by atoms with Gasteiger partial charge in [0.2, 0.25) is 10.0 Å². The van der Waals surface area contributed by atoms with Crippen molar-refractivity contribution in [1.82, 2.24) is 9.62 Å². The van der Waals surface area contributed by atoms with Gasteiger partial charge in [-0.3, -0.25) is 4.79 Å². The zero-order valence-electron chi connectivity index (χ0n) is 20.5. The third-order valence-electron chi connectivity index (χ3n) is 7.17. The fourth-order valence-electron chi connectivity index (χ4n) is 4.83. The van der Waals surface area contributed by atoms with Crippen LogP contribution in [0.2, 0.25) is 0 Å². The van der Waals surface area contributed by atoms with Crippen LogP contribution in [0.4, 0.5) is 5.69 Å². The Morgan fingerprint density at radius 2 is 1.71 bits per heavy atom. The number of sulfonamides is 1. The summed E-state index contributed by atoms with van der Waals surface area (Å²) in [5.74, 6) is 1.69. The van der Waals surface area contributed by atoms with Gasteiger partial charge in [0.15, 0.2) is 0 Å². The number of piperidine rings is 2. The fourth-order valence-corrected chi connectivity index (χ4v) is 6.53. The first-order valence-corrected chi connectivity index (χ1v) is 13.9. The number of rotatable bonds is 7. The fraction of sp³-hybridized carbons (Fsp3) is 0.577. The van der Waals surface area contributed by atoms with Crippen LogP contribution in [0.1, 0.15) is 62.6 Å². The summed E-state index contributed by atoms with van der Waals surface area (Å²) in [6.45, 7) is 9.02. The molecule has 2 aliphatic heterocycles. The van der Waals surface area contributed by atoms with Crippen LogP contribution in [0, 0.1) is 11.8 Å². The van der Waals surface area contributed by atoms with Gasteiger partial charge in [-0.25, -0.2) is 8.42 Å². The van der Waals surface area contributed by atoms with E-state index in [0.29, 0.717) is 42.6 Å². The maximum atomic E-state index is 13.8. The molecule has 0 aliphatic carbocycles. The molecule has 0 saturated carbocycles. The Hall–Kier alpha value is -2.32. The number of hydrogen-bond acceptors (Lipinski definition) is 5. The second kappa shape index (κ2) is 10.5. The summed E-state index contributed by atoms with van der Waals surface area (Å²) in [5.41, 5.74) is 1.08. The highest BCUT2D eigenvalue weighted by molar-refractivity contribution is 7.89. The molecule has 1 N–H and O–H groups in total. The Morgan fingerprint density at radius 3 is 2.32 bits per heavy atom. The van der Waals surface area contributed by atoms with E-state index in [0.717, 1.165) is 44.5 Å². The quantitative estimate of drug-likeness (QED) is 0.630. The van der Waals surface area contributed by atoms with E-state index in [1.54, 1.807) is 22.7 Å². The largest absolute Gasteiger partial charge is 0.469 e. The van der Waals surface area contributed by atoms with Gasteiger partial charge in [-0.15, -0.1) is 0 Å².